The van der Waals surface area contributed by atoms with Crippen LogP contribution < -0.4 is 14.6 Å². The van der Waals surface area contributed by atoms with Crippen LogP contribution in [0.4, 0.5) is 5.69 Å². The number of ketones is 1. The Kier molecular flexibility index (Phi) is 5.98. The third-order valence-corrected chi connectivity index (χ3v) is 4.49. The van der Waals surface area contributed by atoms with Gasteiger partial charge in [-0.2, -0.15) is 4.57 Å². The fourth-order valence-corrected chi connectivity index (χ4v) is 2.79. The normalized spacial score (nSPS) is 10.3. The average Bonchev–Trinajstić information content (AvgIpc) is 2.69. The standard InChI is InChI=1S/C21H17BrN2O3/c1-27-19-10-8-18(9-11-19)23-21(26)16-3-2-12-24(13-16)14-20(25)15-4-6-17(22)7-5-15/h2-13H,14H2,1H3/p+1. The zero-order valence-corrected chi connectivity index (χ0v) is 16.3. The smallest absolute Gasteiger partial charge is 0.261 e. The first-order chi connectivity index (χ1) is 13.0. The highest BCUT2D eigenvalue weighted by atomic mass is 79.9. The van der Waals surface area contributed by atoms with Crippen LogP contribution in [0.3, 0.4) is 0 Å². The molecule has 5 nitrogen and oxygen atoms in total. The summed E-state index contributed by atoms with van der Waals surface area (Å²) in [5, 5.41) is 2.83. The molecule has 0 unspecified atom stereocenters. The zero-order chi connectivity index (χ0) is 19.2. The second-order valence-corrected chi connectivity index (χ2v) is 6.79. The summed E-state index contributed by atoms with van der Waals surface area (Å²) in [5.74, 6) is 0.447. The number of ether oxygens (including phenoxy) is 1. The van der Waals surface area contributed by atoms with E-state index in [-0.39, 0.29) is 18.2 Å². The number of nitrogens with one attached hydrogen (secondary N) is 1. The molecule has 1 aromatic heterocycles. The second-order valence-electron chi connectivity index (χ2n) is 5.88. The van der Waals surface area contributed by atoms with E-state index in [1.165, 1.54) is 0 Å². The fraction of sp³-hybridized carbons (Fsp3) is 0.0952. The van der Waals surface area contributed by atoms with Gasteiger partial charge in [-0.05, 0) is 42.5 Å². The van der Waals surface area contributed by atoms with Crippen LogP contribution >= 0.6 is 15.9 Å². The van der Waals surface area contributed by atoms with Gasteiger partial charge in [-0.3, -0.25) is 9.59 Å². The molecule has 27 heavy (non-hydrogen) atoms. The summed E-state index contributed by atoms with van der Waals surface area (Å²) in [6.07, 6.45) is 3.43. The molecular formula is C21H18BrN2O3+. The molecule has 1 N–H and O–H groups in total. The zero-order valence-electron chi connectivity index (χ0n) is 14.7. The molecule has 6 heteroatoms. The van der Waals surface area contributed by atoms with Crippen molar-refractivity contribution in [3.63, 3.8) is 0 Å². The summed E-state index contributed by atoms with van der Waals surface area (Å²) in [4.78, 5) is 24.9. The Morgan fingerprint density at radius 3 is 2.37 bits per heavy atom. The lowest BCUT2D eigenvalue weighted by atomic mass is 10.1. The van der Waals surface area contributed by atoms with Crippen LogP contribution in [0.2, 0.25) is 0 Å². The first-order valence-electron chi connectivity index (χ1n) is 8.28. The lowest BCUT2D eigenvalue weighted by Crippen LogP contribution is -2.38. The number of carbonyl (C=O) groups is 2. The van der Waals surface area contributed by atoms with Gasteiger partial charge in [0.1, 0.15) is 11.3 Å². The van der Waals surface area contributed by atoms with E-state index >= 15 is 0 Å². The van der Waals surface area contributed by atoms with E-state index in [2.05, 4.69) is 21.2 Å². The number of hydrogen-bond donors (Lipinski definition) is 1. The van der Waals surface area contributed by atoms with Crippen molar-refractivity contribution in [3.8, 4) is 5.75 Å². The Morgan fingerprint density at radius 1 is 1.00 bits per heavy atom. The number of anilines is 1. The maximum absolute atomic E-state index is 12.5. The molecule has 0 bridgehead atoms. The number of Topliss-reactive ketones (excluding diaryl/α,β-unsaturated/α-hetero) is 1. The van der Waals surface area contributed by atoms with Crippen molar-refractivity contribution < 1.29 is 18.9 Å². The predicted molar refractivity (Wildman–Crippen MR) is 106 cm³/mol. The fourth-order valence-electron chi connectivity index (χ4n) is 2.53. The first-order valence-corrected chi connectivity index (χ1v) is 9.08. The van der Waals surface area contributed by atoms with E-state index in [4.69, 9.17) is 4.74 Å². The lowest BCUT2D eigenvalue weighted by molar-refractivity contribution is -0.683. The number of amides is 1. The van der Waals surface area contributed by atoms with Gasteiger partial charge >= 0.3 is 0 Å². The van der Waals surface area contributed by atoms with Crippen molar-refractivity contribution >= 4 is 33.3 Å². The lowest BCUT2D eigenvalue weighted by Gasteiger charge is -2.06. The summed E-state index contributed by atoms with van der Waals surface area (Å²) < 4.78 is 7.73. The highest BCUT2D eigenvalue weighted by molar-refractivity contribution is 9.10. The van der Waals surface area contributed by atoms with Crippen LogP contribution in [0.1, 0.15) is 20.7 Å². The van der Waals surface area contributed by atoms with E-state index in [1.807, 2.05) is 12.1 Å². The van der Waals surface area contributed by atoms with Crippen LogP contribution in [0.15, 0.2) is 77.5 Å². The highest BCUT2D eigenvalue weighted by Crippen LogP contribution is 2.16. The summed E-state index contributed by atoms with van der Waals surface area (Å²) in [6, 6.07) is 17.7. The molecule has 0 aliphatic carbocycles. The minimum Gasteiger partial charge on any atom is -0.497 e. The Hall–Kier alpha value is -2.99. The second kappa shape index (κ2) is 8.60. The molecule has 0 atom stereocenters. The average molecular weight is 426 g/mol. The summed E-state index contributed by atoms with van der Waals surface area (Å²) in [5.41, 5.74) is 1.76. The number of halogens is 1. The van der Waals surface area contributed by atoms with Crippen molar-refractivity contribution in [1.82, 2.24) is 0 Å². The molecule has 3 aromatic rings. The van der Waals surface area contributed by atoms with Gasteiger partial charge in [-0.25, -0.2) is 0 Å². The van der Waals surface area contributed by atoms with Gasteiger partial charge < -0.3 is 10.1 Å². The molecule has 0 spiro atoms. The van der Waals surface area contributed by atoms with Crippen molar-refractivity contribution in [2.75, 3.05) is 12.4 Å². The minimum absolute atomic E-state index is 0.0276. The maximum atomic E-state index is 12.5. The Labute approximate surface area is 165 Å². The van der Waals surface area contributed by atoms with Crippen LogP contribution in [-0.4, -0.2) is 18.8 Å². The number of pyridine rings is 1. The number of hydrogen-bond acceptors (Lipinski definition) is 3. The van der Waals surface area contributed by atoms with Gasteiger partial charge in [0.25, 0.3) is 5.91 Å². The van der Waals surface area contributed by atoms with Gasteiger partial charge in [-0.15, -0.1) is 0 Å². The number of nitrogens with zero attached hydrogens (tertiary/aromatic N) is 1. The quantitative estimate of drug-likeness (QED) is 0.481. The Bertz CT molecular complexity index is 954. The minimum atomic E-state index is -0.245. The number of rotatable bonds is 6. The molecule has 0 saturated heterocycles. The number of aromatic nitrogens is 1. The summed E-state index contributed by atoms with van der Waals surface area (Å²) in [7, 11) is 1.59. The van der Waals surface area contributed by atoms with E-state index in [9.17, 15) is 9.59 Å². The third-order valence-electron chi connectivity index (χ3n) is 3.96. The van der Waals surface area contributed by atoms with Crippen molar-refractivity contribution in [1.29, 1.82) is 0 Å². The van der Waals surface area contributed by atoms with Crippen LogP contribution in [0, 0.1) is 0 Å². The number of carbonyl (C=O) groups excluding carboxylic acids is 2. The molecule has 0 fully saturated rings. The van der Waals surface area contributed by atoms with Crippen molar-refractivity contribution in [3.05, 3.63) is 88.7 Å². The van der Waals surface area contributed by atoms with Gasteiger partial charge in [0.2, 0.25) is 12.3 Å². The third kappa shape index (κ3) is 5.01. The summed E-state index contributed by atoms with van der Waals surface area (Å²) in [6.45, 7) is 0.158. The van der Waals surface area contributed by atoms with E-state index < -0.39 is 0 Å². The topological polar surface area (TPSA) is 59.3 Å². The molecule has 0 radical (unpaired) electrons. The SMILES string of the molecule is COc1ccc(NC(=O)c2ccc[n+](CC(=O)c3ccc(Br)cc3)c2)cc1. The highest BCUT2D eigenvalue weighted by Gasteiger charge is 2.15. The number of methoxy groups -OCH3 is 1. The summed E-state index contributed by atoms with van der Waals surface area (Å²) >= 11 is 3.35. The molecule has 3 rings (SSSR count). The van der Waals surface area contributed by atoms with Gasteiger partial charge in [0, 0.05) is 21.8 Å². The van der Waals surface area contributed by atoms with Crippen molar-refractivity contribution in [2.45, 2.75) is 6.54 Å². The molecule has 0 aliphatic rings. The molecule has 1 amide bonds. The van der Waals surface area contributed by atoms with Gasteiger partial charge in [0.15, 0.2) is 12.4 Å². The van der Waals surface area contributed by atoms with Gasteiger partial charge in [0.05, 0.1) is 7.11 Å². The largest absolute Gasteiger partial charge is 0.497 e. The molecule has 0 saturated carbocycles. The van der Waals surface area contributed by atoms with Crippen LogP contribution in [-0.2, 0) is 6.54 Å². The first kappa shape index (κ1) is 18.8. The van der Waals surface area contributed by atoms with Crippen molar-refractivity contribution in [2.24, 2.45) is 0 Å². The van der Waals surface area contributed by atoms with E-state index in [0.29, 0.717) is 16.8 Å². The monoisotopic (exact) mass is 425 g/mol. The van der Waals surface area contributed by atoms with Crippen LogP contribution in [0.5, 0.6) is 5.75 Å². The predicted octanol–water partition coefficient (Wildman–Crippen LogP) is 3.88. The molecular weight excluding hydrogens is 408 g/mol. The molecule has 136 valence electrons. The van der Waals surface area contributed by atoms with E-state index in [0.717, 1.165) is 10.2 Å². The van der Waals surface area contributed by atoms with E-state index in [1.54, 1.807) is 72.6 Å². The maximum Gasteiger partial charge on any atom is 0.261 e. The number of benzene rings is 2. The Morgan fingerprint density at radius 2 is 1.70 bits per heavy atom. The Balaban J connectivity index is 1.69. The van der Waals surface area contributed by atoms with Crippen LogP contribution in [0.25, 0.3) is 0 Å². The van der Waals surface area contributed by atoms with Gasteiger partial charge in [-0.1, -0.05) is 28.1 Å². The molecule has 0 aliphatic heterocycles. The molecule has 1 heterocycles. The molecule has 2 aromatic carbocycles.